The van der Waals surface area contributed by atoms with Gasteiger partial charge in [-0.2, -0.15) is 0 Å². The zero-order chi connectivity index (χ0) is 17.6. The van der Waals surface area contributed by atoms with Crippen LogP contribution in [0, 0.1) is 5.92 Å². The number of aromatic nitrogens is 1. The lowest BCUT2D eigenvalue weighted by Crippen LogP contribution is -2.41. The standard InChI is InChI=1S/C20H24ClN3O/c1-2-24-12-9-16(10-13-24)20(25)23-19(17-4-3-11-22-14-17)15-5-7-18(21)8-6-15/h3-8,11,14,16,19H,2,9-10,12-13H2,1H3,(H,23,25). The van der Waals surface area contributed by atoms with Gasteiger partial charge < -0.3 is 10.2 Å². The minimum absolute atomic E-state index is 0.0780. The Morgan fingerprint density at radius 2 is 1.96 bits per heavy atom. The monoisotopic (exact) mass is 357 g/mol. The Labute approximate surface area is 154 Å². The van der Waals surface area contributed by atoms with Crippen LogP contribution in [0.2, 0.25) is 5.02 Å². The van der Waals surface area contributed by atoms with Crippen LogP contribution < -0.4 is 5.32 Å². The summed E-state index contributed by atoms with van der Waals surface area (Å²) in [7, 11) is 0. The summed E-state index contributed by atoms with van der Waals surface area (Å²) in [6.07, 6.45) is 5.38. The van der Waals surface area contributed by atoms with Crippen molar-refractivity contribution in [3.05, 3.63) is 64.9 Å². The number of piperidine rings is 1. The van der Waals surface area contributed by atoms with Gasteiger partial charge in [0, 0.05) is 23.3 Å². The molecule has 5 heteroatoms. The van der Waals surface area contributed by atoms with Crippen molar-refractivity contribution >= 4 is 17.5 Å². The highest BCUT2D eigenvalue weighted by Crippen LogP contribution is 2.25. The Kier molecular flexibility index (Phi) is 6.05. The van der Waals surface area contributed by atoms with Crippen LogP contribution in [0.1, 0.15) is 36.9 Å². The lowest BCUT2D eigenvalue weighted by Gasteiger charge is -2.31. The fourth-order valence-corrected chi connectivity index (χ4v) is 3.46. The lowest BCUT2D eigenvalue weighted by atomic mass is 9.94. The minimum atomic E-state index is -0.206. The number of hydrogen-bond donors (Lipinski definition) is 1. The van der Waals surface area contributed by atoms with Crippen molar-refractivity contribution in [1.82, 2.24) is 15.2 Å². The molecule has 1 aromatic heterocycles. The fraction of sp³-hybridized carbons (Fsp3) is 0.400. The second kappa shape index (κ2) is 8.45. The molecule has 1 aliphatic rings. The zero-order valence-electron chi connectivity index (χ0n) is 14.5. The highest BCUT2D eigenvalue weighted by atomic mass is 35.5. The van der Waals surface area contributed by atoms with E-state index in [4.69, 9.17) is 11.6 Å². The van der Waals surface area contributed by atoms with E-state index in [1.165, 1.54) is 0 Å². The topological polar surface area (TPSA) is 45.2 Å². The first kappa shape index (κ1) is 17.9. The van der Waals surface area contributed by atoms with Crippen LogP contribution in [-0.4, -0.2) is 35.4 Å². The lowest BCUT2D eigenvalue weighted by molar-refractivity contribution is -0.126. The van der Waals surface area contributed by atoms with Gasteiger partial charge in [0.25, 0.3) is 0 Å². The van der Waals surface area contributed by atoms with E-state index in [9.17, 15) is 4.79 Å². The normalized spacial score (nSPS) is 17.2. The Bertz CT molecular complexity index is 682. The number of benzene rings is 1. The third-order valence-corrected chi connectivity index (χ3v) is 5.17. The molecule has 2 heterocycles. The van der Waals surface area contributed by atoms with Gasteiger partial charge in [0.1, 0.15) is 0 Å². The molecule has 0 aliphatic carbocycles. The average molecular weight is 358 g/mol. The van der Waals surface area contributed by atoms with Crippen LogP contribution in [0.3, 0.4) is 0 Å². The predicted octanol–water partition coefficient (Wildman–Crippen LogP) is 3.67. The number of likely N-dealkylation sites (tertiary alicyclic amines) is 1. The third kappa shape index (κ3) is 4.59. The van der Waals surface area contributed by atoms with Crippen molar-refractivity contribution < 1.29 is 4.79 Å². The van der Waals surface area contributed by atoms with Gasteiger partial charge in [0.15, 0.2) is 0 Å². The minimum Gasteiger partial charge on any atom is -0.345 e. The van der Waals surface area contributed by atoms with Crippen molar-refractivity contribution in [3.8, 4) is 0 Å². The van der Waals surface area contributed by atoms with Crippen LogP contribution >= 0.6 is 11.6 Å². The van der Waals surface area contributed by atoms with E-state index in [-0.39, 0.29) is 17.9 Å². The molecule has 25 heavy (non-hydrogen) atoms. The molecule has 4 nitrogen and oxygen atoms in total. The first-order valence-electron chi connectivity index (χ1n) is 8.85. The SMILES string of the molecule is CCN1CCC(C(=O)NC(c2ccc(Cl)cc2)c2cccnc2)CC1. The molecule has 132 valence electrons. The van der Waals surface area contributed by atoms with Gasteiger partial charge in [-0.15, -0.1) is 0 Å². The number of nitrogens with one attached hydrogen (secondary N) is 1. The van der Waals surface area contributed by atoms with E-state index in [0.29, 0.717) is 5.02 Å². The maximum absolute atomic E-state index is 12.8. The van der Waals surface area contributed by atoms with Gasteiger partial charge in [-0.1, -0.05) is 36.7 Å². The number of rotatable bonds is 5. The second-order valence-corrected chi connectivity index (χ2v) is 6.92. The molecule has 0 saturated carbocycles. The second-order valence-electron chi connectivity index (χ2n) is 6.49. The van der Waals surface area contributed by atoms with E-state index in [1.54, 1.807) is 12.4 Å². The molecule has 0 bridgehead atoms. The highest BCUT2D eigenvalue weighted by Gasteiger charge is 2.27. The molecule has 1 saturated heterocycles. The summed E-state index contributed by atoms with van der Waals surface area (Å²) in [5.41, 5.74) is 1.99. The summed E-state index contributed by atoms with van der Waals surface area (Å²) in [6, 6.07) is 11.3. The summed E-state index contributed by atoms with van der Waals surface area (Å²) in [5, 5.41) is 3.92. The highest BCUT2D eigenvalue weighted by molar-refractivity contribution is 6.30. The zero-order valence-corrected chi connectivity index (χ0v) is 15.2. The van der Waals surface area contributed by atoms with Gasteiger partial charge in [-0.25, -0.2) is 0 Å². The van der Waals surface area contributed by atoms with Gasteiger partial charge in [-0.3, -0.25) is 9.78 Å². The quantitative estimate of drug-likeness (QED) is 0.888. The number of pyridine rings is 1. The number of halogens is 1. The molecule has 1 aromatic carbocycles. The number of carbonyl (C=O) groups excluding carboxylic acids is 1. The third-order valence-electron chi connectivity index (χ3n) is 4.91. The summed E-state index contributed by atoms with van der Waals surface area (Å²) >= 11 is 6.01. The summed E-state index contributed by atoms with van der Waals surface area (Å²) < 4.78 is 0. The van der Waals surface area contributed by atoms with Crippen LogP contribution in [-0.2, 0) is 4.79 Å². The van der Waals surface area contributed by atoms with Crippen LogP contribution in [0.5, 0.6) is 0 Å². The molecule has 3 rings (SSSR count). The maximum Gasteiger partial charge on any atom is 0.223 e. The number of nitrogens with zero attached hydrogens (tertiary/aromatic N) is 2. The number of hydrogen-bond acceptors (Lipinski definition) is 3. The maximum atomic E-state index is 12.8. The summed E-state index contributed by atoms with van der Waals surface area (Å²) in [5.74, 6) is 0.203. The smallest absolute Gasteiger partial charge is 0.223 e. The van der Waals surface area contributed by atoms with Crippen molar-refractivity contribution in [2.24, 2.45) is 5.92 Å². The molecule has 0 radical (unpaired) electrons. The number of carbonyl (C=O) groups is 1. The predicted molar refractivity (Wildman–Crippen MR) is 101 cm³/mol. The Balaban J connectivity index is 1.76. The van der Waals surface area contributed by atoms with E-state index in [0.717, 1.165) is 43.6 Å². The molecule has 1 atom stereocenters. The van der Waals surface area contributed by atoms with E-state index in [2.05, 4.69) is 22.1 Å². The number of amides is 1. The molecule has 0 spiro atoms. The van der Waals surface area contributed by atoms with Gasteiger partial charge in [-0.05, 0) is 61.8 Å². The van der Waals surface area contributed by atoms with Crippen molar-refractivity contribution in [2.45, 2.75) is 25.8 Å². The molecular formula is C20H24ClN3O. The van der Waals surface area contributed by atoms with Crippen molar-refractivity contribution in [1.29, 1.82) is 0 Å². The molecule has 1 fully saturated rings. The largest absolute Gasteiger partial charge is 0.345 e. The van der Waals surface area contributed by atoms with Gasteiger partial charge in [0.2, 0.25) is 5.91 Å². The van der Waals surface area contributed by atoms with Crippen molar-refractivity contribution in [2.75, 3.05) is 19.6 Å². The molecule has 1 amide bonds. The Morgan fingerprint density at radius 1 is 1.24 bits per heavy atom. The molecular weight excluding hydrogens is 334 g/mol. The molecule has 2 aromatic rings. The first-order valence-corrected chi connectivity index (χ1v) is 9.23. The van der Waals surface area contributed by atoms with E-state index < -0.39 is 0 Å². The Hall–Kier alpha value is -1.91. The van der Waals surface area contributed by atoms with E-state index in [1.807, 2.05) is 36.4 Å². The molecule has 1 unspecified atom stereocenters. The van der Waals surface area contributed by atoms with Crippen LogP contribution in [0.4, 0.5) is 0 Å². The fourth-order valence-electron chi connectivity index (χ4n) is 3.33. The van der Waals surface area contributed by atoms with Crippen molar-refractivity contribution in [3.63, 3.8) is 0 Å². The molecule has 1 aliphatic heterocycles. The van der Waals surface area contributed by atoms with E-state index >= 15 is 0 Å². The van der Waals surface area contributed by atoms with Gasteiger partial charge >= 0.3 is 0 Å². The first-order chi connectivity index (χ1) is 12.2. The van der Waals surface area contributed by atoms with Crippen LogP contribution in [0.25, 0.3) is 0 Å². The average Bonchev–Trinajstić information content (AvgIpc) is 2.67. The Morgan fingerprint density at radius 3 is 2.56 bits per heavy atom. The van der Waals surface area contributed by atoms with Gasteiger partial charge in [0.05, 0.1) is 6.04 Å². The summed E-state index contributed by atoms with van der Waals surface area (Å²) in [4.78, 5) is 19.4. The molecule has 1 N–H and O–H groups in total. The van der Waals surface area contributed by atoms with Crippen LogP contribution in [0.15, 0.2) is 48.8 Å². The summed E-state index contributed by atoms with van der Waals surface area (Å²) in [6.45, 7) is 5.21.